The van der Waals surface area contributed by atoms with Gasteiger partial charge in [-0.3, -0.25) is 9.00 Å². The SMILES string of the molecule is C[C@H](OC(=O)c1ccc([S@@](C)=O)cc1)C(=O)c1c[nH]c2ccccc12. The summed E-state index contributed by atoms with van der Waals surface area (Å²) in [5.74, 6) is -0.855. The van der Waals surface area contributed by atoms with E-state index in [4.69, 9.17) is 4.74 Å². The number of aromatic nitrogens is 1. The van der Waals surface area contributed by atoms with Crippen LogP contribution in [0.3, 0.4) is 0 Å². The number of hydrogen-bond acceptors (Lipinski definition) is 4. The molecule has 0 aliphatic heterocycles. The molecule has 2 aromatic carbocycles. The van der Waals surface area contributed by atoms with Gasteiger partial charge in [-0.05, 0) is 37.3 Å². The number of nitrogens with one attached hydrogen (secondary N) is 1. The molecule has 0 bridgehead atoms. The van der Waals surface area contributed by atoms with Crippen molar-refractivity contribution in [2.45, 2.75) is 17.9 Å². The number of H-pyrrole nitrogens is 1. The number of carbonyl (C=O) groups is 2. The summed E-state index contributed by atoms with van der Waals surface area (Å²) >= 11 is 0. The van der Waals surface area contributed by atoms with E-state index in [2.05, 4.69) is 4.98 Å². The van der Waals surface area contributed by atoms with Crippen molar-refractivity contribution in [3.05, 3.63) is 65.9 Å². The molecule has 128 valence electrons. The highest BCUT2D eigenvalue weighted by atomic mass is 32.2. The molecular formula is C19H17NO4S. The lowest BCUT2D eigenvalue weighted by molar-refractivity contribution is 0.0319. The average Bonchev–Trinajstić information content (AvgIpc) is 3.05. The number of ether oxygens (including phenoxy) is 1. The van der Waals surface area contributed by atoms with Crippen LogP contribution in [0.5, 0.6) is 0 Å². The van der Waals surface area contributed by atoms with Crippen LogP contribution in [0.4, 0.5) is 0 Å². The first-order valence-electron chi connectivity index (χ1n) is 7.72. The van der Waals surface area contributed by atoms with Crippen molar-refractivity contribution in [2.75, 3.05) is 6.26 Å². The van der Waals surface area contributed by atoms with Gasteiger partial charge >= 0.3 is 5.97 Å². The van der Waals surface area contributed by atoms with Gasteiger partial charge in [-0.1, -0.05) is 18.2 Å². The van der Waals surface area contributed by atoms with Gasteiger partial charge in [0.05, 0.1) is 5.56 Å². The molecule has 1 heterocycles. The molecule has 2 atom stereocenters. The van der Waals surface area contributed by atoms with Gasteiger partial charge in [0.25, 0.3) is 0 Å². The summed E-state index contributed by atoms with van der Waals surface area (Å²) in [7, 11) is -1.11. The molecule has 0 radical (unpaired) electrons. The van der Waals surface area contributed by atoms with E-state index >= 15 is 0 Å². The van der Waals surface area contributed by atoms with Gasteiger partial charge in [-0.2, -0.15) is 0 Å². The maximum absolute atomic E-state index is 12.6. The Morgan fingerprint density at radius 2 is 1.76 bits per heavy atom. The summed E-state index contributed by atoms with van der Waals surface area (Å²) in [5.41, 5.74) is 1.66. The number of ketones is 1. The lowest BCUT2D eigenvalue weighted by Crippen LogP contribution is -2.24. The molecule has 0 saturated carbocycles. The number of fused-ring (bicyclic) bond motifs is 1. The Labute approximate surface area is 147 Å². The number of carbonyl (C=O) groups excluding carboxylic acids is 2. The Morgan fingerprint density at radius 1 is 1.08 bits per heavy atom. The summed E-state index contributed by atoms with van der Waals surface area (Å²) in [6.45, 7) is 1.55. The third-order valence-corrected chi connectivity index (χ3v) is 4.87. The minimum Gasteiger partial charge on any atom is -0.451 e. The topological polar surface area (TPSA) is 76.2 Å². The van der Waals surface area contributed by atoms with Crippen molar-refractivity contribution in [2.24, 2.45) is 0 Å². The molecule has 3 rings (SSSR count). The van der Waals surface area contributed by atoms with E-state index < -0.39 is 22.9 Å². The van der Waals surface area contributed by atoms with Crippen LogP contribution >= 0.6 is 0 Å². The van der Waals surface area contributed by atoms with E-state index in [0.29, 0.717) is 16.0 Å². The molecule has 0 spiro atoms. The fourth-order valence-electron chi connectivity index (χ4n) is 2.56. The zero-order chi connectivity index (χ0) is 18.0. The molecular weight excluding hydrogens is 338 g/mol. The zero-order valence-electron chi connectivity index (χ0n) is 13.8. The summed E-state index contributed by atoms with van der Waals surface area (Å²) in [6.07, 6.45) is 2.28. The predicted octanol–water partition coefficient (Wildman–Crippen LogP) is 3.33. The van der Waals surface area contributed by atoms with E-state index in [9.17, 15) is 13.8 Å². The van der Waals surface area contributed by atoms with Crippen LogP contribution in [-0.2, 0) is 15.5 Å². The summed E-state index contributed by atoms with van der Waals surface area (Å²) < 4.78 is 16.7. The molecule has 0 fully saturated rings. The van der Waals surface area contributed by atoms with Gasteiger partial charge in [-0.15, -0.1) is 0 Å². The first kappa shape index (κ1) is 17.1. The van der Waals surface area contributed by atoms with Crippen molar-refractivity contribution in [1.82, 2.24) is 4.98 Å². The lowest BCUT2D eigenvalue weighted by atomic mass is 10.1. The Hall–Kier alpha value is -2.73. The molecule has 5 nitrogen and oxygen atoms in total. The number of hydrogen-bond donors (Lipinski definition) is 1. The molecule has 0 amide bonds. The maximum atomic E-state index is 12.6. The second-order valence-corrected chi connectivity index (χ2v) is 7.02. The molecule has 1 aromatic heterocycles. The van der Waals surface area contributed by atoms with Gasteiger partial charge in [0.2, 0.25) is 5.78 Å². The first-order chi connectivity index (χ1) is 12.0. The smallest absolute Gasteiger partial charge is 0.338 e. The fourth-order valence-corrected chi connectivity index (χ4v) is 3.08. The van der Waals surface area contributed by atoms with Gasteiger partial charge in [0.1, 0.15) is 0 Å². The Kier molecular flexibility index (Phi) is 4.81. The minimum atomic E-state index is -1.11. The second-order valence-electron chi connectivity index (χ2n) is 5.64. The largest absolute Gasteiger partial charge is 0.451 e. The number of para-hydroxylation sites is 1. The van der Waals surface area contributed by atoms with Crippen molar-refractivity contribution in [1.29, 1.82) is 0 Å². The predicted molar refractivity (Wildman–Crippen MR) is 96.3 cm³/mol. The van der Waals surface area contributed by atoms with Crippen molar-refractivity contribution in [3.8, 4) is 0 Å². The quantitative estimate of drug-likeness (QED) is 0.563. The standard InChI is InChI=1S/C19H17NO4S/c1-12(18(21)16-11-20-17-6-4-3-5-15(16)17)24-19(22)13-7-9-14(10-8-13)25(2)23/h3-12,20H,1-2H3/t12-,25+/m0/s1. The van der Waals surface area contributed by atoms with Crippen LogP contribution in [0.15, 0.2) is 59.6 Å². The Morgan fingerprint density at radius 3 is 2.44 bits per heavy atom. The zero-order valence-corrected chi connectivity index (χ0v) is 14.6. The van der Waals surface area contributed by atoms with Gasteiger partial charge in [0, 0.05) is 44.6 Å². The van der Waals surface area contributed by atoms with Gasteiger partial charge < -0.3 is 9.72 Å². The van der Waals surface area contributed by atoms with Crippen LogP contribution in [0.2, 0.25) is 0 Å². The van der Waals surface area contributed by atoms with Gasteiger partial charge in [-0.25, -0.2) is 4.79 Å². The van der Waals surface area contributed by atoms with Crippen LogP contribution < -0.4 is 0 Å². The van der Waals surface area contributed by atoms with E-state index in [1.54, 1.807) is 43.6 Å². The van der Waals surface area contributed by atoms with Crippen molar-refractivity contribution >= 4 is 33.5 Å². The number of Topliss-reactive ketones (excluding diaryl/α,β-unsaturated/α-hetero) is 1. The third kappa shape index (κ3) is 3.53. The fraction of sp³-hybridized carbons (Fsp3) is 0.158. The average molecular weight is 355 g/mol. The summed E-state index contributed by atoms with van der Waals surface area (Å²) in [5, 5.41) is 0.796. The molecule has 25 heavy (non-hydrogen) atoms. The van der Waals surface area contributed by atoms with E-state index in [1.807, 2.05) is 24.3 Å². The van der Waals surface area contributed by atoms with Crippen LogP contribution in [-0.4, -0.2) is 33.3 Å². The highest BCUT2D eigenvalue weighted by Gasteiger charge is 2.22. The monoisotopic (exact) mass is 355 g/mol. The third-order valence-electron chi connectivity index (χ3n) is 3.93. The highest BCUT2D eigenvalue weighted by Crippen LogP contribution is 2.20. The molecule has 0 unspecified atom stereocenters. The second kappa shape index (κ2) is 7.03. The lowest BCUT2D eigenvalue weighted by Gasteiger charge is -2.12. The Balaban J connectivity index is 1.74. The van der Waals surface area contributed by atoms with Crippen LogP contribution in [0.1, 0.15) is 27.6 Å². The summed E-state index contributed by atoms with van der Waals surface area (Å²) in [6, 6.07) is 13.8. The number of esters is 1. The number of aromatic amines is 1. The molecule has 0 aliphatic rings. The Bertz CT molecular complexity index is 959. The number of benzene rings is 2. The normalized spacial score (nSPS) is 13.4. The number of rotatable bonds is 5. The molecule has 0 saturated heterocycles. The van der Waals surface area contributed by atoms with Gasteiger partial charge in [0.15, 0.2) is 6.10 Å². The van der Waals surface area contributed by atoms with Crippen LogP contribution in [0, 0.1) is 0 Å². The molecule has 3 aromatic rings. The first-order valence-corrected chi connectivity index (χ1v) is 9.28. The van der Waals surface area contributed by atoms with E-state index in [-0.39, 0.29) is 5.78 Å². The molecule has 6 heteroatoms. The van der Waals surface area contributed by atoms with E-state index in [1.165, 1.54) is 0 Å². The van der Waals surface area contributed by atoms with Crippen molar-refractivity contribution < 1.29 is 18.5 Å². The maximum Gasteiger partial charge on any atom is 0.338 e. The van der Waals surface area contributed by atoms with E-state index in [0.717, 1.165) is 10.9 Å². The summed E-state index contributed by atoms with van der Waals surface area (Å²) in [4.78, 5) is 28.5. The van der Waals surface area contributed by atoms with Crippen LogP contribution in [0.25, 0.3) is 10.9 Å². The highest BCUT2D eigenvalue weighted by molar-refractivity contribution is 7.84. The van der Waals surface area contributed by atoms with Crippen molar-refractivity contribution in [3.63, 3.8) is 0 Å². The molecule has 1 N–H and O–H groups in total. The minimum absolute atomic E-state index is 0.267. The molecule has 0 aliphatic carbocycles.